The van der Waals surface area contributed by atoms with E-state index in [1.807, 2.05) is 12.1 Å². The molecular weight excluding hydrogens is 376 g/mol. The molecule has 4 rings (SSSR count). The van der Waals surface area contributed by atoms with Crippen molar-refractivity contribution in [2.45, 2.75) is 20.4 Å². The highest BCUT2D eigenvalue weighted by molar-refractivity contribution is 5.75. The highest BCUT2D eigenvalue weighted by Crippen LogP contribution is 2.30. The van der Waals surface area contributed by atoms with Crippen molar-refractivity contribution in [3.63, 3.8) is 0 Å². The molecular formula is C19H20N6O4. The normalized spacial score (nSPS) is 11.2. The molecule has 0 saturated carbocycles. The number of nitrogens with two attached hydrogens (primary N) is 1. The SMILES string of the molecule is COc1ccc(Cn2c(C)nc3oc(-c4c(C)noc4N)nc3c2=N)c(OC)c1. The van der Waals surface area contributed by atoms with E-state index in [1.54, 1.807) is 38.7 Å². The van der Waals surface area contributed by atoms with Gasteiger partial charge in [-0.1, -0.05) is 5.16 Å². The second kappa shape index (κ2) is 6.97. The van der Waals surface area contributed by atoms with Crippen LogP contribution in [0.15, 0.2) is 27.1 Å². The molecule has 0 aliphatic carbocycles. The van der Waals surface area contributed by atoms with Crippen LogP contribution < -0.4 is 20.7 Å². The number of hydrogen-bond donors (Lipinski definition) is 2. The van der Waals surface area contributed by atoms with Gasteiger partial charge in [-0.25, -0.2) is 4.98 Å². The van der Waals surface area contributed by atoms with Crippen molar-refractivity contribution in [3.05, 3.63) is 40.8 Å². The molecule has 150 valence electrons. The number of anilines is 1. The van der Waals surface area contributed by atoms with E-state index < -0.39 is 0 Å². The zero-order valence-corrected chi connectivity index (χ0v) is 16.4. The molecule has 0 unspecified atom stereocenters. The highest BCUT2D eigenvalue weighted by atomic mass is 16.5. The van der Waals surface area contributed by atoms with Gasteiger partial charge in [0.05, 0.1) is 26.5 Å². The number of nitrogen functional groups attached to an aromatic ring is 1. The molecule has 0 spiro atoms. The molecule has 0 amide bonds. The van der Waals surface area contributed by atoms with Gasteiger partial charge < -0.3 is 28.7 Å². The summed E-state index contributed by atoms with van der Waals surface area (Å²) in [5, 5.41) is 12.5. The van der Waals surface area contributed by atoms with Crippen LogP contribution in [0.25, 0.3) is 22.7 Å². The van der Waals surface area contributed by atoms with Gasteiger partial charge in [-0.15, -0.1) is 0 Å². The largest absolute Gasteiger partial charge is 0.497 e. The van der Waals surface area contributed by atoms with Crippen molar-refractivity contribution in [2.24, 2.45) is 0 Å². The minimum absolute atomic E-state index is 0.105. The van der Waals surface area contributed by atoms with E-state index in [-0.39, 0.29) is 23.0 Å². The van der Waals surface area contributed by atoms with Gasteiger partial charge in [-0.2, -0.15) is 4.98 Å². The molecule has 10 nitrogen and oxygen atoms in total. The summed E-state index contributed by atoms with van der Waals surface area (Å²) < 4.78 is 23.2. The maximum absolute atomic E-state index is 8.65. The Morgan fingerprint density at radius 2 is 1.97 bits per heavy atom. The number of rotatable bonds is 5. The molecule has 3 N–H and O–H groups in total. The van der Waals surface area contributed by atoms with Crippen LogP contribution >= 0.6 is 0 Å². The molecule has 0 aliphatic heterocycles. The lowest BCUT2D eigenvalue weighted by atomic mass is 10.2. The lowest BCUT2D eigenvalue weighted by Gasteiger charge is -2.14. The summed E-state index contributed by atoms with van der Waals surface area (Å²) in [6.45, 7) is 3.91. The first-order valence-corrected chi connectivity index (χ1v) is 8.78. The summed E-state index contributed by atoms with van der Waals surface area (Å²) in [6, 6.07) is 5.53. The number of nitrogens with one attached hydrogen (secondary N) is 1. The van der Waals surface area contributed by atoms with Gasteiger partial charge in [-0.05, 0) is 26.0 Å². The fourth-order valence-electron chi connectivity index (χ4n) is 3.14. The highest BCUT2D eigenvalue weighted by Gasteiger charge is 2.21. The quantitative estimate of drug-likeness (QED) is 0.524. The minimum atomic E-state index is 0.105. The zero-order valence-electron chi connectivity index (χ0n) is 16.4. The Labute approximate surface area is 165 Å². The van der Waals surface area contributed by atoms with Crippen molar-refractivity contribution < 1.29 is 18.4 Å². The number of oxazole rings is 1. The minimum Gasteiger partial charge on any atom is -0.497 e. The first-order valence-electron chi connectivity index (χ1n) is 8.78. The molecule has 0 fully saturated rings. The van der Waals surface area contributed by atoms with Gasteiger partial charge in [0.1, 0.15) is 22.9 Å². The van der Waals surface area contributed by atoms with Crippen molar-refractivity contribution in [1.82, 2.24) is 19.7 Å². The van der Waals surface area contributed by atoms with Crippen LogP contribution in [0.4, 0.5) is 5.88 Å². The van der Waals surface area contributed by atoms with Crippen LogP contribution in [0.3, 0.4) is 0 Å². The summed E-state index contributed by atoms with van der Waals surface area (Å²) in [6.07, 6.45) is 0. The molecule has 0 aliphatic rings. The van der Waals surface area contributed by atoms with E-state index in [0.29, 0.717) is 40.6 Å². The third-order valence-electron chi connectivity index (χ3n) is 4.68. The smallest absolute Gasteiger partial charge is 0.252 e. The number of hydrogen-bond acceptors (Lipinski definition) is 9. The summed E-state index contributed by atoms with van der Waals surface area (Å²) in [4.78, 5) is 8.89. The first-order chi connectivity index (χ1) is 13.9. The fraction of sp³-hybridized carbons (Fsp3) is 0.263. The van der Waals surface area contributed by atoms with Gasteiger partial charge in [0.25, 0.3) is 5.71 Å². The van der Waals surface area contributed by atoms with E-state index in [4.69, 9.17) is 29.6 Å². The van der Waals surface area contributed by atoms with E-state index in [9.17, 15) is 0 Å². The van der Waals surface area contributed by atoms with E-state index in [2.05, 4.69) is 15.1 Å². The summed E-state index contributed by atoms with van der Waals surface area (Å²) in [5.41, 5.74) is 8.44. The Balaban J connectivity index is 1.82. The van der Waals surface area contributed by atoms with Crippen molar-refractivity contribution in [3.8, 4) is 23.0 Å². The number of methoxy groups -OCH3 is 2. The van der Waals surface area contributed by atoms with Crippen LogP contribution in [0, 0.1) is 19.3 Å². The van der Waals surface area contributed by atoms with Gasteiger partial charge in [0.2, 0.25) is 11.8 Å². The molecule has 1 aromatic carbocycles. The monoisotopic (exact) mass is 396 g/mol. The van der Waals surface area contributed by atoms with Gasteiger partial charge >= 0.3 is 0 Å². The Bertz CT molecular complexity index is 1250. The standard InChI is InChI=1S/C19H20N6O4/c1-9-14(17(21)29-24-9)18-23-15-16(20)25(10(2)22-19(15)28-18)8-11-5-6-12(26-3)7-13(11)27-4/h5-7,20H,8,21H2,1-4H3. The molecule has 0 saturated heterocycles. The van der Waals surface area contributed by atoms with E-state index in [0.717, 1.165) is 5.56 Å². The van der Waals surface area contributed by atoms with Crippen LogP contribution in [0.5, 0.6) is 11.5 Å². The number of benzene rings is 1. The molecule has 0 radical (unpaired) electrons. The third-order valence-corrected chi connectivity index (χ3v) is 4.68. The number of nitrogens with zero attached hydrogens (tertiary/aromatic N) is 4. The topological polar surface area (TPSA) is 138 Å². The predicted molar refractivity (Wildman–Crippen MR) is 104 cm³/mol. The van der Waals surface area contributed by atoms with E-state index >= 15 is 0 Å². The molecule has 3 aromatic heterocycles. The Kier molecular flexibility index (Phi) is 4.45. The molecule has 10 heteroatoms. The molecule has 4 aromatic rings. The summed E-state index contributed by atoms with van der Waals surface area (Å²) >= 11 is 0. The lowest BCUT2D eigenvalue weighted by molar-refractivity contribution is 0.390. The molecule has 3 heterocycles. The second-order valence-corrected chi connectivity index (χ2v) is 6.45. The predicted octanol–water partition coefficient (Wildman–Crippen LogP) is 2.42. The van der Waals surface area contributed by atoms with E-state index in [1.165, 1.54) is 0 Å². The van der Waals surface area contributed by atoms with Gasteiger partial charge in [-0.3, -0.25) is 5.41 Å². The van der Waals surface area contributed by atoms with Crippen LogP contribution in [-0.4, -0.2) is 33.9 Å². The number of ether oxygens (including phenoxy) is 2. The number of aryl methyl sites for hydroxylation is 2. The Morgan fingerprint density at radius 1 is 1.17 bits per heavy atom. The Hall–Kier alpha value is -3.82. The summed E-state index contributed by atoms with van der Waals surface area (Å²) in [7, 11) is 3.19. The number of fused-ring (bicyclic) bond motifs is 1. The van der Waals surface area contributed by atoms with Crippen LogP contribution in [-0.2, 0) is 6.54 Å². The van der Waals surface area contributed by atoms with Gasteiger partial charge in [0.15, 0.2) is 11.0 Å². The van der Waals surface area contributed by atoms with Crippen LogP contribution in [0.2, 0.25) is 0 Å². The van der Waals surface area contributed by atoms with Crippen LogP contribution in [0.1, 0.15) is 17.1 Å². The zero-order chi connectivity index (χ0) is 20.7. The fourth-order valence-corrected chi connectivity index (χ4v) is 3.14. The Morgan fingerprint density at radius 3 is 2.62 bits per heavy atom. The third kappa shape index (κ3) is 3.08. The average molecular weight is 396 g/mol. The van der Waals surface area contributed by atoms with Crippen molar-refractivity contribution >= 4 is 17.1 Å². The maximum Gasteiger partial charge on any atom is 0.252 e. The van der Waals surface area contributed by atoms with Crippen molar-refractivity contribution in [2.75, 3.05) is 20.0 Å². The molecule has 29 heavy (non-hydrogen) atoms. The van der Waals surface area contributed by atoms with Gasteiger partial charge in [0, 0.05) is 11.6 Å². The molecule has 0 atom stereocenters. The average Bonchev–Trinajstić information content (AvgIpc) is 3.27. The van der Waals surface area contributed by atoms with Crippen molar-refractivity contribution in [1.29, 1.82) is 5.41 Å². The number of aromatic nitrogens is 4. The lowest BCUT2D eigenvalue weighted by Crippen LogP contribution is -2.25. The summed E-state index contributed by atoms with van der Waals surface area (Å²) in [5.74, 6) is 2.27. The molecule has 0 bridgehead atoms. The first kappa shape index (κ1) is 18.5. The maximum atomic E-state index is 8.65. The second-order valence-electron chi connectivity index (χ2n) is 6.45.